The first-order valence-electron chi connectivity index (χ1n) is 3.93. The molecule has 0 fully saturated rings. The smallest absolute Gasteiger partial charge is 0.139 e. The molecule has 1 aromatic heterocycles. The minimum Gasteiger partial charge on any atom is -0.397 e. The zero-order chi connectivity index (χ0) is 10.1. The number of rotatable bonds is 1. The maximum atomic E-state index is 13.2. The Balaban J connectivity index is 2.60. The van der Waals surface area contributed by atoms with E-state index >= 15 is 0 Å². The lowest BCUT2D eigenvalue weighted by atomic mass is 10.2. The maximum Gasteiger partial charge on any atom is 0.139 e. The van der Waals surface area contributed by atoms with E-state index in [4.69, 9.17) is 5.73 Å². The number of aromatic nitrogens is 2. The first-order valence-corrected chi connectivity index (χ1v) is 4.72. The highest BCUT2D eigenvalue weighted by Crippen LogP contribution is 2.24. The van der Waals surface area contributed by atoms with Crippen LogP contribution >= 0.6 is 15.9 Å². The van der Waals surface area contributed by atoms with Crippen LogP contribution in [-0.2, 0) is 0 Å². The number of hydrogen-bond donors (Lipinski definition) is 1. The number of nitrogens with two attached hydrogens (primary N) is 1. The van der Waals surface area contributed by atoms with E-state index < -0.39 is 0 Å². The van der Waals surface area contributed by atoms with Crippen LogP contribution in [0.4, 0.5) is 10.1 Å². The summed E-state index contributed by atoms with van der Waals surface area (Å²) in [5.41, 5.74) is 6.74. The molecular formula is C9H7BrFN3. The van der Waals surface area contributed by atoms with Crippen molar-refractivity contribution in [1.82, 2.24) is 9.78 Å². The maximum absolute atomic E-state index is 13.2. The van der Waals surface area contributed by atoms with Crippen molar-refractivity contribution >= 4 is 21.6 Å². The van der Waals surface area contributed by atoms with Gasteiger partial charge in [-0.05, 0) is 28.1 Å². The van der Waals surface area contributed by atoms with Gasteiger partial charge in [0.25, 0.3) is 0 Å². The predicted octanol–water partition coefficient (Wildman–Crippen LogP) is 2.36. The molecule has 0 aliphatic rings. The summed E-state index contributed by atoms with van der Waals surface area (Å²) in [6.07, 6.45) is 3.32. The molecule has 0 amide bonds. The fraction of sp³-hybridized carbons (Fsp3) is 0. The predicted molar refractivity (Wildman–Crippen MR) is 55.6 cm³/mol. The van der Waals surface area contributed by atoms with Gasteiger partial charge in [0.15, 0.2) is 0 Å². The molecule has 0 aliphatic carbocycles. The summed E-state index contributed by atoms with van der Waals surface area (Å²) in [6, 6.07) is 4.61. The van der Waals surface area contributed by atoms with Gasteiger partial charge in [-0.1, -0.05) is 0 Å². The molecule has 0 bridgehead atoms. The van der Waals surface area contributed by atoms with Crippen molar-refractivity contribution in [1.29, 1.82) is 0 Å². The van der Waals surface area contributed by atoms with Crippen molar-refractivity contribution in [2.24, 2.45) is 0 Å². The molecule has 2 aromatic rings. The highest BCUT2D eigenvalue weighted by molar-refractivity contribution is 9.10. The van der Waals surface area contributed by atoms with E-state index in [0.29, 0.717) is 15.8 Å². The topological polar surface area (TPSA) is 43.8 Å². The molecule has 0 atom stereocenters. The van der Waals surface area contributed by atoms with Crippen LogP contribution in [0, 0.1) is 5.82 Å². The summed E-state index contributed by atoms with van der Waals surface area (Å²) in [5.74, 6) is -0.357. The summed E-state index contributed by atoms with van der Waals surface area (Å²) in [6.45, 7) is 0. The molecular weight excluding hydrogens is 249 g/mol. The second kappa shape index (κ2) is 3.42. The van der Waals surface area contributed by atoms with E-state index in [1.54, 1.807) is 18.5 Å². The lowest BCUT2D eigenvalue weighted by Crippen LogP contribution is -2.01. The monoisotopic (exact) mass is 255 g/mol. The molecule has 2 N–H and O–H groups in total. The Labute approximate surface area is 88.5 Å². The quantitative estimate of drug-likeness (QED) is 0.796. The summed E-state index contributed by atoms with van der Waals surface area (Å²) >= 11 is 3.06. The van der Waals surface area contributed by atoms with Gasteiger partial charge in [0, 0.05) is 18.5 Å². The molecule has 5 heteroatoms. The zero-order valence-corrected chi connectivity index (χ0v) is 8.70. The third-order valence-electron chi connectivity index (χ3n) is 1.82. The van der Waals surface area contributed by atoms with Gasteiger partial charge in [0.2, 0.25) is 0 Å². The third kappa shape index (κ3) is 1.50. The van der Waals surface area contributed by atoms with E-state index in [-0.39, 0.29) is 5.82 Å². The molecule has 72 valence electrons. The standard InChI is InChI=1S/C9H7BrFN3/c10-6-4-8(12)9(5-7(6)11)14-3-1-2-13-14/h1-5H,12H2. The molecule has 3 nitrogen and oxygen atoms in total. The minimum atomic E-state index is -0.357. The summed E-state index contributed by atoms with van der Waals surface area (Å²) in [5, 5.41) is 3.97. The zero-order valence-electron chi connectivity index (χ0n) is 7.11. The highest BCUT2D eigenvalue weighted by atomic mass is 79.9. The van der Waals surface area contributed by atoms with Gasteiger partial charge in [-0.25, -0.2) is 9.07 Å². The fourth-order valence-electron chi connectivity index (χ4n) is 1.16. The van der Waals surface area contributed by atoms with Crippen molar-refractivity contribution in [3.05, 3.63) is 40.9 Å². The van der Waals surface area contributed by atoms with E-state index in [9.17, 15) is 4.39 Å². The SMILES string of the molecule is Nc1cc(Br)c(F)cc1-n1cccn1. The van der Waals surface area contributed by atoms with Crippen LogP contribution in [0.25, 0.3) is 5.69 Å². The molecule has 2 rings (SSSR count). The van der Waals surface area contributed by atoms with E-state index in [0.717, 1.165) is 0 Å². The van der Waals surface area contributed by atoms with E-state index in [1.165, 1.54) is 16.8 Å². The number of benzene rings is 1. The van der Waals surface area contributed by atoms with Crippen molar-refractivity contribution in [2.45, 2.75) is 0 Å². The second-order valence-corrected chi connectivity index (χ2v) is 3.63. The van der Waals surface area contributed by atoms with Crippen molar-refractivity contribution in [3.8, 4) is 5.69 Å². The number of anilines is 1. The molecule has 1 heterocycles. The van der Waals surface area contributed by atoms with Gasteiger partial charge >= 0.3 is 0 Å². The number of halogens is 2. The second-order valence-electron chi connectivity index (χ2n) is 2.78. The average Bonchev–Trinajstić information content (AvgIpc) is 2.64. The average molecular weight is 256 g/mol. The van der Waals surface area contributed by atoms with Crippen molar-refractivity contribution in [3.63, 3.8) is 0 Å². The lowest BCUT2D eigenvalue weighted by molar-refractivity contribution is 0.619. The Morgan fingerprint density at radius 1 is 1.43 bits per heavy atom. The Morgan fingerprint density at radius 2 is 2.21 bits per heavy atom. The first-order chi connectivity index (χ1) is 6.68. The van der Waals surface area contributed by atoms with Crippen LogP contribution in [0.1, 0.15) is 0 Å². The van der Waals surface area contributed by atoms with Crippen LogP contribution in [0.15, 0.2) is 35.1 Å². The van der Waals surface area contributed by atoms with Crippen molar-refractivity contribution < 1.29 is 4.39 Å². The van der Waals surface area contributed by atoms with Gasteiger partial charge in [-0.3, -0.25) is 0 Å². The van der Waals surface area contributed by atoms with E-state index in [1.807, 2.05) is 0 Å². The molecule has 0 radical (unpaired) electrons. The molecule has 0 spiro atoms. The molecule has 14 heavy (non-hydrogen) atoms. The Hall–Kier alpha value is -1.36. The Bertz CT molecular complexity index is 453. The van der Waals surface area contributed by atoms with Crippen LogP contribution < -0.4 is 5.73 Å². The largest absolute Gasteiger partial charge is 0.397 e. The van der Waals surface area contributed by atoms with Crippen LogP contribution in [0.5, 0.6) is 0 Å². The van der Waals surface area contributed by atoms with Gasteiger partial charge in [-0.2, -0.15) is 5.10 Å². The van der Waals surface area contributed by atoms with Crippen LogP contribution in [-0.4, -0.2) is 9.78 Å². The molecule has 0 unspecified atom stereocenters. The van der Waals surface area contributed by atoms with Crippen LogP contribution in [0.2, 0.25) is 0 Å². The fourth-order valence-corrected chi connectivity index (χ4v) is 1.52. The first kappa shape index (κ1) is 9.21. The third-order valence-corrected chi connectivity index (χ3v) is 2.43. The Kier molecular flexibility index (Phi) is 2.25. The molecule has 0 saturated carbocycles. The van der Waals surface area contributed by atoms with Gasteiger partial charge in [-0.15, -0.1) is 0 Å². The lowest BCUT2D eigenvalue weighted by Gasteiger charge is -2.06. The number of hydrogen-bond acceptors (Lipinski definition) is 2. The highest BCUT2D eigenvalue weighted by Gasteiger charge is 2.07. The normalized spacial score (nSPS) is 10.4. The summed E-state index contributed by atoms with van der Waals surface area (Å²) in [4.78, 5) is 0. The van der Waals surface area contributed by atoms with Gasteiger partial charge < -0.3 is 5.73 Å². The van der Waals surface area contributed by atoms with Crippen LogP contribution in [0.3, 0.4) is 0 Å². The number of nitrogen functional groups attached to an aromatic ring is 1. The minimum absolute atomic E-state index is 0.353. The Morgan fingerprint density at radius 3 is 2.86 bits per heavy atom. The van der Waals surface area contributed by atoms with E-state index in [2.05, 4.69) is 21.0 Å². The molecule has 1 aromatic carbocycles. The molecule has 0 saturated heterocycles. The van der Waals surface area contributed by atoms with Gasteiger partial charge in [0.1, 0.15) is 5.82 Å². The number of nitrogens with zero attached hydrogens (tertiary/aromatic N) is 2. The van der Waals surface area contributed by atoms with Gasteiger partial charge in [0.05, 0.1) is 15.8 Å². The summed E-state index contributed by atoms with van der Waals surface area (Å²) < 4.78 is 15.1. The molecule has 0 aliphatic heterocycles. The van der Waals surface area contributed by atoms with Crippen molar-refractivity contribution in [2.75, 3.05) is 5.73 Å². The summed E-state index contributed by atoms with van der Waals surface area (Å²) in [7, 11) is 0.